The van der Waals surface area contributed by atoms with Crippen molar-refractivity contribution in [2.75, 3.05) is 5.32 Å². The van der Waals surface area contributed by atoms with E-state index in [0.717, 1.165) is 21.3 Å². The van der Waals surface area contributed by atoms with Crippen molar-refractivity contribution in [3.63, 3.8) is 0 Å². The van der Waals surface area contributed by atoms with Crippen molar-refractivity contribution in [3.05, 3.63) is 99.1 Å². The molecule has 7 heteroatoms. The Hall–Kier alpha value is -2.70. The Morgan fingerprint density at radius 2 is 1.79 bits per heavy atom. The molecule has 0 aliphatic rings. The number of aryl methyl sites for hydroxylation is 1. The first-order valence-electron chi connectivity index (χ1n) is 8.88. The van der Waals surface area contributed by atoms with E-state index in [1.54, 1.807) is 18.2 Å². The third-order valence-electron chi connectivity index (χ3n) is 4.46. The average Bonchev–Trinajstić information content (AvgIpc) is 3.19. The standard InChI is InChI=1S/C22H16BrClFN3O/c1-13-12-16(10-11-18(13)23)26-20(14-6-8-15(25)9-7-14)22-28-27-21(29-22)17-4-2-3-5-19(17)24/h2-12,20,26H,1H3. The highest BCUT2D eigenvalue weighted by Crippen LogP contribution is 2.32. The van der Waals surface area contributed by atoms with Crippen LogP contribution in [0.4, 0.5) is 10.1 Å². The molecule has 0 spiro atoms. The van der Waals surface area contributed by atoms with Gasteiger partial charge in [-0.15, -0.1) is 10.2 Å². The van der Waals surface area contributed by atoms with Gasteiger partial charge >= 0.3 is 0 Å². The van der Waals surface area contributed by atoms with Crippen LogP contribution in [0.3, 0.4) is 0 Å². The molecule has 4 rings (SSSR count). The number of anilines is 1. The molecule has 1 N–H and O–H groups in total. The van der Waals surface area contributed by atoms with Crippen molar-refractivity contribution in [2.24, 2.45) is 0 Å². The van der Waals surface area contributed by atoms with Crippen LogP contribution >= 0.6 is 27.5 Å². The molecule has 0 radical (unpaired) electrons. The van der Waals surface area contributed by atoms with E-state index >= 15 is 0 Å². The molecule has 4 nitrogen and oxygen atoms in total. The number of hydrogen-bond acceptors (Lipinski definition) is 4. The zero-order chi connectivity index (χ0) is 20.4. The lowest BCUT2D eigenvalue weighted by Gasteiger charge is -2.18. The minimum Gasteiger partial charge on any atom is -0.418 e. The van der Waals surface area contributed by atoms with Gasteiger partial charge in [0.25, 0.3) is 0 Å². The molecule has 1 unspecified atom stereocenters. The Morgan fingerprint density at radius 1 is 1.03 bits per heavy atom. The lowest BCUT2D eigenvalue weighted by atomic mass is 10.1. The topological polar surface area (TPSA) is 51.0 Å². The first kappa shape index (κ1) is 19.6. The minimum absolute atomic E-state index is 0.311. The van der Waals surface area contributed by atoms with E-state index in [1.807, 2.05) is 43.3 Å². The van der Waals surface area contributed by atoms with E-state index in [2.05, 4.69) is 31.4 Å². The zero-order valence-electron chi connectivity index (χ0n) is 15.4. The number of halogens is 3. The number of nitrogens with zero attached hydrogens (tertiary/aromatic N) is 2. The second kappa shape index (κ2) is 8.35. The predicted octanol–water partition coefficient (Wildman–Crippen LogP) is 6.80. The molecule has 29 heavy (non-hydrogen) atoms. The maximum Gasteiger partial charge on any atom is 0.249 e. The van der Waals surface area contributed by atoms with Crippen LogP contribution in [0.2, 0.25) is 5.02 Å². The van der Waals surface area contributed by atoms with Gasteiger partial charge in [-0.1, -0.05) is 51.8 Å². The Kier molecular flexibility index (Phi) is 5.65. The molecule has 0 aliphatic heterocycles. The Morgan fingerprint density at radius 3 is 2.52 bits per heavy atom. The van der Waals surface area contributed by atoms with E-state index in [4.69, 9.17) is 16.0 Å². The molecular formula is C22H16BrClFN3O. The van der Waals surface area contributed by atoms with Crippen LogP contribution in [-0.4, -0.2) is 10.2 Å². The maximum absolute atomic E-state index is 13.5. The molecule has 0 saturated heterocycles. The van der Waals surface area contributed by atoms with Crippen molar-refractivity contribution in [1.82, 2.24) is 10.2 Å². The molecule has 4 aromatic rings. The van der Waals surface area contributed by atoms with Crippen molar-refractivity contribution >= 4 is 33.2 Å². The summed E-state index contributed by atoms with van der Waals surface area (Å²) in [4.78, 5) is 0. The van der Waals surface area contributed by atoms with Gasteiger partial charge in [-0.2, -0.15) is 0 Å². The van der Waals surface area contributed by atoms with Crippen LogP contribution < -0.4 is 5.32 Å². The van der Waals surface area contributed by atoms with Gasteiger partial charge < -0.3 is 9.73 Å². The normalized spacial score (nSPS) is 12.0. The first-order chi connectivity index (χ1) is 14.0. The number of rotatable bonds is 5. The molecule has 0 fully saturated rings. The Bertz CT molecular complexity index is 1150. The predicted molar refractivity (Wildman–Crippen MR) is 115 cm³/mol. The number of aromatic nitrogens is 2. The fraction of sp³-hybridized carbons (Fsp3) is 0.0909. The van der Waals surface area contributed by atoms with Gasteiger partial charge in [-0.3, -0.25) is 0 Å². The second-order valence-electron chi connectivity index (χ2n) is 6.52. The van der Waals surface area contributed by atoms with Gasteiger partial charge in [0.1, 0.15) is 11.9 Å². The quantitative estimate of drug-likeness (QED) is 0.347. The van der Waals surface area contributed by atoms with Crippen LogP contribution in [0, 0.1) is 12.7 Å². The van der Waals surface area contributed by atoms with Gasteiger partial charge in [0, 0.05) is 10.2 Å². The summed E-state index contributed by atoms with van der Waals surface area (Å²) in [6, 6.07) is 18.9. The minimum atomic E-state index is -0.458. The number of benzene rings is 3. The van der Waals surface area contributed by atoms with Crippen molar-refractivity contribution in [1.29, 1.82) is 0 Å². The van der Waals surface area contributed by atoms with Gasteiger partial charge in [0.15, 0.2) is 0 Å². The highest BCUT2D eigenvalue weighted by atomic mass is 79.9. The Labute approximate surface area is 180 Å². The summed E-state index contributed by atoms with van der Waals surface area (Å²) in [7, 11) is 0. The van der Waals surface area contributed by atoms with Crippen molar-refractivity contribution in [3.8, 4) is 11.5 Å². The van der Waals surface area contributed by atoms with Gasteiger partial charge in [-0.25, -0.2) is 4.39 Å². The second-order valence-corrected chi connectivity index (χ2v) is 7.78. The van der Waals surface area contributed by atoms with Crippen molar-refractivity contribution < 1.29 is 8.81 Å². The lowest BCUT2D eigenvalue weighted by molar-refractivity contribution is 0.494. The molecule has 3 aromatic carbocycles. The summed E-state index contributed by atoms with van der Waals surface area (Å²) in [5.74, 6) is 0.368. The fourth-order valence-electron chi connectivity index (χ4n) is 2.94. The van der Waals surface area contributed by atoms with Crippen LogP contribution in [0.1, 0.15) is 23.1 Å². The molecule has 0 amide bonds. The molecule has 1 atom stereocenters. The zero-order valence-corrected chi connectivity index (χ0v) is 17.7. The Balaban J connectivity index is 1.73. The van der Waals surface area contributed by atoms with E-state index in [9.17, 15) is 4.39 Å². The summed E-state index contributed by atoms with van der Waals surface area (Å²) >= 11 is 9.76. The average molecular weight is 473 g/mol. The number of hydrogen-bond donors (Lipinski definition) is 1. The maximum atomic E-state index is 13.5. The largest absolute Gasteiger partial charge is 0.418 e. The molecular weight excluding hydrogens is 457 g/mol. The van der Waals surface area contributed by atoms with Gasteiger partial charge in [-0.05, 0) is 60.5 Å². The van der Waals surface area contributed by atoms with Crippen molar-refractivity contribution in [2.45, 2.75) is 13.0 Å². The summed E-state index contributed by atoms with van der Waals surface area (Å²) in [5, 5.41) is 12.3. The van der Waals surface area contributed by atoms with E-state index in [0.29, 0.717) is 22.4 Å². The van der Waals surface area contributed by atoms with Crippen LogP contribution in [0.15, 0.2) is 75.6 Å². The van der Waals surface area contributed by atoms with E-state index in [1.165, 1.54) is 12.1 Å². The number of nitrogens with one attached hydrogen (secondary N) is 1. The molecule has 146 valence electrons. The molecule has 0 saturated carbocycles. The van der Waals surface area contributed by atoms with Gasteiger partial charge in [0.05, 0.1) is 10.6 Å². The molecule has 1 aromatic heterocycles. The first-order valence-corrected chi connectivity index (χ1v) is 10.0. The summed E-state index contributed by atoms with van der Waals surface area (Å²) < 4.78 is 20.4. The fourth-order valence-corrected chi connectivity index (χ4v) is 3.40. The summed E-state index contributed by atoms with van der Waals surface area (Å²) in [6.45, 7) is 2.00. The highest BCUT2D eigenvalue weighted by Gasteiger charge is 2.22. The molecule has 0 bridgehead atoms. The van der Waals surface area contributed by atoms with Crippen LogP contribution in [-0.2, 0) is 0 Å². The van der Waals surface area contributed by atoms with E-state index in [-0.39, 0.29) is 5.82 Å². The van der Waals surface area contributed by atoms with Gasteiger partial charge in [0.2, 0.25) is 11.8 Å². The molecule has 0 aliphatic carbocycles. The third-order valence-corrected chi connectivity index (χ3v) is 5.68. The van der Waals surface area contributed by atoms with E-state index < -0.39 is 6.04 Å². The smallest absolute Gasteiger partial charge is 0.249 e. The summed E-state index contributed by atoms with van der Waals surface area (Å²) in [5.41, 5.74) is 3.40. The molecule has 1 heterocycles. The van der Waals surface area contributed by atoms with Crippen LogP contribution in [0.25, 0.3) is 11.5 Å². The van der Waals surface area contributed by atoms with Crippen LogP contribution in [0.5, 0.6) is 0 Å². The highest BCUT2D eigenvalue weighted by molar-refractivity contribution is 9.10. The monoisotopic (exact) mass is 471 g/mol. The SMILES string of the molecule is Cc1cc(NC(c2ccc(F)cc2)c2nnc(-c3ccccc3Cl)o2)ccc1Br. The lowest BCUT2D eigenvalue weighted by Crippen LogP contribution is -2.13. The third kappa shape index (κ3) is 4.33. The summed E-state index contributed by atoms with van der Waals surface area (Å²) in [6.07, 6.45) is 0.